The van der Waals surface area contributed by atoms with E-state index in [2.05, 4.69) is 4.90 Å². The molecular formula is C14H22Cl2N3O+. The van der Waals surface area contributed by atoms with E-state index in [0.717, 1.165) is 51.3 Å². The maximum atomic E-state index is 8.84. The zero-order chi connectivity index (χ0) is 14.6. The Balaban J connectivity index is 1.95. The van der Waals surface area contributed by atoms with Crippen molar-refractivity contribution in [3.8, 4) is 0 Å². The fourth-order valence-electron chi connectivity index (χ4n) is 2.60. The average Bonchev–Trinajstić information content (AvgIpc) is 2.43. The van der Waals surface area contributed by atoms with Crippen LogP contribution in [0.4, 0.5) is 5.69 Å². The Morgan fingerprint density at radius 3 is 2.55 bits per heavy atom. The highest BCUT2D eigenvalue weighted by atomic mass is 35.5. The van der Waals surface area contributed by atoms with Crippen molar-refractivity contribution in [2.45, 2.75) is 12.8 Å². The Bertz CT molecular complexity index is 448. The molecule has 1 heterocycles. The molecule has 1 aliphatic heterocycles. The topological polar surface area (TPSA) is 49.5 Å². The van der Waals surface area contributed by atoms with Crippen molar-refractivity contribution >= 4 is 28.9 Å². The molecule has 3 N–H and O–H groups in total. The molecule has 0 aromatic heterocycles. The minimum Gasteiger partial charge on any atom is -0.396 e. The monoisotopic (exact) mass is 318 g/mol. The molecule has 0 saturated carbocycles. The Labute approximate surface area is 130 Å². The van der Waals surface area contributed by atoms with Crippen molar-refractivity contribution in [2.24, 2.45) is 5.84 Å². The molecule has 0 spiro atoms. The summed E-state index contributed by atoms with van der Waals surface area (Å²) in [7, 11) is 0. The van der Waals surface area contributed by atoms with E-state index < -0.39 is 0 Å². The number of aliphatic hydroxyl groups excluding tert-OH is 1. The third kappa shape index (κ3) is 3.77. The van der Waals surface area contributed by atoms with Gasteiger partial charge in [-0.3, -0.25) is 0 Å². The fraction of sp³-hybridized carbons (Fsp3) is 0.571. The maximum Gasteiger partial charge on any atom is 0.114 e. The minimum atomic E-state index is 0.240. The van der Waals surface area contributed by atoms with Gasteiger partial charge in [-0.1, -0.05) is 29.3 Å². The number of benzene rings is 1. The largest absolute Gasteiger partial charge is 0.396 e. The molecule has 1 saturated heterocycles. The summed E-state index contributed by atoms with van der Waals surface area (Å²) in [4.78, 5) is 2.24. The van der Waals surface area contributed by atoms with Gasteiger partial charge in [-0.2, -0.15) is 5.84 Å². The highest BCUT2D eigenvalue weighted by molar-refractivity contribution is 6.43. The number of halogens is 2. The summed E-state index contributed by atoms with van der Waals surface area (Å²) in [6, 6.07) is 5.72. The number of aliphatic hydroxyl groups is 1. The van der Waals surface area contributed by atoms with Crippen molar-refractivity contribution in [1.29, 1.82) is 0 Å². The van der Waals surface area contributed by atoms with Crippen molar-refractivity contribution in [2.75, 3.05) is 44.2 Å². The first-order chi connectivity index (χ1) is 9.56. The van der Waals surface area contributed by atoms with Gasteiger partial charge in [-0.15, -0.1) is 0 Å². The van der Waals surface area contributed by atoms with E-state index >= 15 is 0 Å². The summed E-state index contributed by atoms with van der Waals surface area (Å²) in [6.45, 7) is 4.66. The van der Waals surface area contributed by atoms with E-state index in [0.29, 0.717) is 14.6 Å². The van der Waals surface area contributed by atoms with Gasteiger partial charge in [-0.05, 0) is 18.6 Å². The Hall–Kier alpha value is -0.520. The van der Waals surface area contributed by atoms with Gasteiger partial charge in [0.25, 0.3) is 0 Å². The number of anilines is 1. The molecule has 1 aliphatic rings. The lowest BCUT2D eigenvalue weighted by molar-refractivity contribution is -0.940. The number of nitrogens with two attached hydrogens (primary N) is 1. The molecule has 20 heavy (non-hydrogen) atoms. The molecule has 0 atom stereocenters. The first-order valence-electron chi connectivity index (χ1n) is 7.00. The standard InChI is InChI=1S/C14H22Cl2N3O/c15-12-4-3-5-13(14(12)16)18-6-9-19(17,10-7-18)8-1-2-11-20/h3-5,20H,1-2,6-11,17H2/q+1. The molecule has 1 aromatic rings. The predicted octanol–water partition coefficient (Wildman–Crippen LogP) is 2.28. The van der Waals surface area contributed by atoms with E-state index in [1.165, 1.54) is 0 Å². The summed E-state index contributed by atoms with van der Waals surface area (Å²) >= 11 is 12.3. The lowest BCUT2D eigenvalue weighted by Gasteiger charge is -2.41. The molecule has 2 rings (SSSR count). The fourth-order valence-corrected chi connectivity index (χ4v) is 3.02. The van der Waals surface area contributed by atoms with Crippen molar-refractivity contribution < 1.29 is 9.70 Å². The highest BCUT2D eigenvalue weighted by Gasteiger charge is 2.30. The quantitative estimate of drug-likeness (QED) is 0.497. The van der Waals surface area contributed by atoms with Gasteiger partial charge in [0, 0.05) is 13.0 Å². The van der Waals surface area contributed by atoms with Crippen LogP contribution in [0.1, 0.15) is 12.8 Å². The van der Waals surface area contributed by atoms with Crippen LogP contribution in [-0.2, 0) is 0 Å². The van der Waals surface area contributed by atoms with E-state index in [1.54, 1.807) is 6.07 Å². The van der Waals surface area contributed by atoms with E-state index in [9.17, 15) is 0 Å². The summed E-state index contributed by atoms with van der Waals surface area (Å²) in [5.41, 5.74) is 0.987. The Morgan fingerprint density at radius 2 is 1.90 bits per heavy atom. The molecule has 6 heteroatoms. The third-order valence-corrected chi connectivity index (χ3v) is 4.72. The van der Waals surface area contributed by atoms with Gasteiger partial charge in [0.15, 0.2) is 0 Å². The molecular weight excluding hydrogens is 297 g/mol. The molecule has 112 valence electrons. The lowest BCUT2D eigenvalue weighted by atomic mass is 10.2. The van der Waals surface area contributed by atoms with Crippen LogP contribution in [0.5, 0.6) is 0 Å². The number of unbranched alkanes of at least 4 members (excludes halogenated alkanes) is 1. The second-order valence-corrected chi connectivity index (χ2v) is 6.17. The molecule has 0 unspecified atom stereocenters. The van der Waals surface area contributed by atoms with Gasteiger partial charge in [0.1, 0.15) is 13.1 Å². The molecule has 0 aliphatic carbocycles. The van der Waals surface area contributed by atoms with Crippen molar-refractivity contribution in [3.05, 3.63) is 28.2 Å². The van der Waals surface area contributed by atoms with Crippen LogP contribution in [-0.4, -0.2) is 49.0 Å². The number of hydrogen-bond donors (Lipinski definition) is 2. The van der Waals surface area contributed by atoms with Crippen LogP contribution in [0.3, 0.4) is 0 Å². The van der Waals surface area contributed by atoms with E-state index in [-0.39, 0.29) is 6.61 Å². The summed E-state index contributed by atoms with van der Waals surface area (Å²) in [5.74, 6) is 6.38. The molecule has 4 nitrogen and oxygen atoms in total. The zero-order valence-corrected chi connectivity index (χ0v) is 13.1. The minimum absolute atomic E-state index is 0.240. The second kappa shape index (κ2) is 6.96. The predicted molar refractivity (Wildman–Crippen MR) is 84.0 cm³/mol. The highest BCUT2D eigenvalue weighted by Crippen LogP contribution is 2.33. The second-order valence-electron chi connectivity index (χ2n) is 5.38. The van der Waals surface area contributed by atoms with Gasteiger partial charge in [0.2, 0.25) is 0 Å². The van der Waals surface area contributed by atoms with Gasteiger partial charge in [-0.25, -0.2) is 4.59 Å². The van der Waals surface area contributed by atoms with Gasteiger partial charge < -0.3 is 10.0 Å². The number of rotatable bonds is 5. The number of hydrogen-bond acceptors (Lipinski definition) is 3. The summed E-state index contributed by atoms with van der Waals surface area (Å²) < 4.78 is 0.578. The molecule has 0 amide bonds. The van der Waals surface area contributed by atoms with Crippen molar-refractivity contribution in [1.82, 2.24) is 0 Å². The van der Waals surface area contributed by atoms with Crippen molar-refractivity contribution in [3.63, 3.8) is 0 Å². The molecule has 1 aromatic carbocycles. The Kier molecular flexibility index (Phi) is 5.52. The summed E-state index contributed by atoms with van der Waals surface area (Å²) in [5, 5.41) is 10.0. The first-order valence-corrected chi connectivity index (χ1v) is 7.76. The molecule has 0 radical (unpaired) electrons. The van der Waals surface area contributed by atoms with Crippen LogP contribution >= 0.6 is 23.2 Å². The Morgan fingerprint density at radius 1 is 1.20 bits per heavy atom. The molecule has 0 bridgehead atoms. The molecule has 1 fully saturated rings. The normalized spacial score (nSPS) is 18.3. The van der Waals surface area contributed by atoms with Crippen LogP contribution in [0.15, 0.2) is 18.2 Å². The van der Waals surface area contributed by atoms with Gasteiger partial charge in [0.05, 0.1) is 35.4 Å². The smallest absolute Gasteiger partial charge is 0.114 e. The summed E-state index contributed by atoms with van der Waals surface area (Å²) in [6.07, 6.45) is 1.78. The SMILES string of the molecule is N[N+]1(CCCCO)CCN(c2cccc(Cl)c2Cl)CC1. The van der Waals surface area contributed by atoms with Crippen LogP contribution in [0, 0.1) is 0 Å². The van der Waals surface area contributed by atoms with E-state index in [1.807, 2.05) is 12.1 Å². The van der Waals surface area contributed by atoms with Crippen LogP contribution in [0.25, 0.3) is 0 Å². The average molecular weight is 319 g/mol. The van der Waals surface area contributed by atoms with Crippen LogP contribution < -0.4 is 10.7 Å². The van der Waals surface area contributed by atoms with E-state index in [4.69, 9.17) is 34.2 Å². The van der Waals surface area contributed by atoms with Crippen LogP contribution in [0.2, 0.25) is 10.0 Å². The number of quaternary nitrogens is 1. The number of piperazine rings is 1. The maximum absolute atomic E-state index is 8.84. The number of nitrogens with zero attached hydrogens (tertiary/aromatic N) is 2. The third-order valence-electron chi connectivity index (χ3n) is 3.91. The zero-order valence-electron chi connectivity index (χ0n) is 11.6. The first kappa shape index (κ1) is 15.9. The lowest BCUT2D eigenvalue weighted by Crippen LogP contribution is -2.64. The van der Waals surface area contributed by atoms with Gasteiger partial charge >= 0.3 is 0 Å².